The maximum Gasteiger partial charge on any atom is 0.128 e. The van der Waals surface area contributed by atoms with Gasteiger partial charge in [0.1, 0.15) is 5.75 Å². The highest BCUT2D eigenvalue weighted by Gasteiger charge is 2.21. The van der Waals surface area contributed by atoms with Crippen molar-refractivity contribution in [2.24, 2.45) is 11.1 Å². The molecule has 0 aromatic heterocycles. The van der Waals surface area contributed by atoms with Crippen LogP contribution in [0, 0.1) is 5.92 Å². The lowest BCUT2D eigenvalue weighted by atomic mass is 9.88. The van der Waals surface area contributed by atoms with Crippen LogP contribution in [-0.2, 0) is 0 Å². The van der Waals surface area contributed by atoms with Crippen LogP contribution >= 0.6 is 0 Å². The summed E-state index contributed by atoms with van der Waals surface area (Å²) in [6.45, 7) is 4.06. The van der Waals surface area contributed by atoms with Gasteiger partial charge in [-0.15, -0.1) is 0 Å². The van der Waals surface area contributed by atoms with Gasteiger partial charge in [0.15, 0.2) is 0 Å². The molecular weight excluding hydrogens is 226 g/mol. The average Bonchev–Trinajstić information content (AvgIpc) is 2.38. The molecule has 1 aliphatic carbocycles. The molecule has 2 rings (SSSR count). The van der Waals surface area contributed by atoms with Gasteiger partial charge in [0.2, 0.25) is 0 Å². The van der Waals surface area contributed by atoms with Crippen molar-refractivity contribution < 1.29 is 9.94 Å². The van der Waals surface area contributed by atoms with Crippen molar-refractivity contribution in [3.63, 3.8) is 0 Å². The minimum atomic E-state index is 0.293. The first-order valence-electron chi connectivity index (χ1n) is 6.65. The zero-order valence-electron chi connectivity index (χ0n) is 11.1. The third-order valence-electron chi connectivity index (χ3n) is 3.61. The largest absolute Gasteiger partial charge is 0.490 e. The number of hydrogen-bond acceptors (Lipinski definition) is 3. The van der Waals surface area contributed by atoms with Crippen LogP contribution in [0.3, 0.4) is 0 Å². The fourth-order valence-electron chi connectivity index (χ4n) is 2.59. The number of para-hydroxylation sites is 1. The molecule has 2 unspecified atom stereocenters. The monoisotopic (exact) mass is 247 g/mol. The molecule has 3 nitrogen and oxygen atoms in total. The lowest BCUT2D eigenvalue weighted by molar-refractivity contribution is 0.129. The van der Waals surface area contributed by atoms with Gasteiger partial charge in [-0.2, -0.15) is 0 Å². The third-order valence-corrected chi connectivity index (χ3v) is 3.61. The summed E-state index contributed by atoms with van der Waals surface area (Å²) in [7, 11) is 0. The molecule has 2 atom stereocenters. The Morgan fingerprint density at radius 2 is 2.11 bits per heavy atom. The molecule has 18 heavy (non-hydrogen) atoms. The van der Waals surface area contributed by atoms with E-state index in [1.54, 1.807) is 6.92 Å². The first-order chi connectivity index (χ1) is 8.70. The summed E-state index contributed by atoms with van der Waals surface area (Å²) in [5.74, 6) is 1.57. The van der Waals surface area contributed by atoms with Gasteiger partial charge in [-0.3, -0.25) is 0 Å². The van der Waals surface area contributed by atoms with Gasteiger partial charge in [0.25, 0.3) is 0 Å². The minimum Gasteiger partial charge on any atom is -0.490 e. The summed E-state index contributed by atoms with van der Waals surface area (Å²) in [4.78, 5) is 0. The zero-order chi connectivity index (χ0) is 13.0. The van der Waals surface area contributed by atoms with Crippen LogP contribution in [0.25, 0.3) is 0 Å². The van der Waals surface area contributed by atoms with Crippen molar-refractivity contribution in [2.45, 2.75) is 45.6 Å². The zero-order valence-corrected chi connectivity index (χ0v) is 11.1. The van der Waals surface area contributed by atoms with E-state index in [2.05, 4.69) is 12.1 Å². The second-order valence-electron chi connectivity index (χ2n) is 5.19. The highest BCUT2D eigenvalue weighted by Crippen LogP contribution is 2.29. The summed E-state index contributed by atoms with van der Waals surface area (Å²) < 4.78 is 6.09. The maximum atomic E-state index is 8.89. The van der Waals surface area contributed by atoms with Crippen molar-refractivity contribution in [1.82, 2.24) is 0 Å². The Balaban J connectivity index is 2.13. The molecular formula is C15H21NO2. The van der Waals surface area contributed by atoms with Gasteiger partial charge >= 0.3 is 0 Å². The van der Waals surface area contributed by atoms with E-state index in [0.717, 1.165) is 30.1 Å². The third kappa shape index (κ3) is 3.03. The Morgan fingerprint density at radius 3 is 2.83 bits per heavy atom. The molecule has 0 heterocycles. The molecule has 1 saturated carbocycles. The van der Waals surface area contributed by atoms with Crippen LogP contribution in [0.5, 0.6) is 5.75 Å². The number of rotatable bonds is 3. The van der Waals surface area contributed by atoms with E-state index in [1.807, 2.05) is 24.3 Å². The van der Waals surface area contributed by atoms with E-state index < -0.39 is 0 Å². The predicted molar refractivity (Wildman–Crippen MR) is 72.5 cm³/mol. The van der Waals surface area contributed by atoms with Crippen LogP contribution < -0.4 is 4.74 Å². The Kier molecular flexibility index (Phi) is 4.24. The van der Waals surface area contributed by atoms with Crippen molar-refractivity contribution in [2.75, 3.05) is 0 Å². The number of ether oxygens (including phenoxy) is 1. The lowest BCUT2D eigenvalue weighted by Crippen LogP contribution is -2.24. The quantitative estimate of drug-likeness (QED) is 0.501. The minimum absolute atomic E-state index is 0.293. The van der Waals surface area contributed by atoms with Crippen LogP contribution in [0.2, 0.25) is 0 Å². The first kappa shape index (κ1) is 12.9. The predicted octanol–water partition coefficient (Wildman–Crippen LogP) is 3.84. The smallest absolute Gasteiger partial charge is 0.128 e. The van der Waals surface area contributed by atoms with Crippen molar-refractivity contribution in [3.05, 3.63) is 29.8 Å². The summed E-state index contributed by atoms with van der Waals surface area (Å²) in [6, 6.07) is 7.76. The van der Waals surface area contributed by atoms with Crippen molar-refractivity contribution >= 4 is 5.71 Å². The SMILES string of the molecule is CC(=NO)c1ccccc1OC1CCCC(C)C1. The fourth-order valence-corrected chi connectivity index (χ4v) is 2.59. The van der Waals surface area contributed by atoms with Crippen molar-refractivity contribution in [3.8, 4) is 5.75 Å². The highest BCUT2D eigenvalue weighted by atomic mass is 16.5. The summed E-state index contributed by atoms with van der Waals surface area (Å²) in [5, 5.41) is 12.2. The van der Waals surface area contributed by atoms with Gasteiger partial charge < -0.3 is 9.94 Å². The van der Waals surface area contributed by atoms with E-state index >= 15 is 0 Å². The molecule has 0 saturated heterocycles. The summed E-state index contributed by atoms with van der Waals surface area (Å²) >= 11 is 0. The average molecular weight is 247 g/mol. The van der Waals surface area contributed by atoms with Crippen molar-refractivity contribution in [1.29, 1.82) is 0 Å². The molecule has 0 bridgehead atoms. The molecule has 1 aromatic carbocycles. The number of hydrogen-bond donors (Lipinski definition) is 1. The van der Waals surface area contributed by atoms with E-state index in [9.17, 15) is 0 Å². The molecule has 0 radical (unpaired) electrons. The molecule has 1 fully saturated rings. The highest BCUT2D eigenvalue weighted by molar-refractivity contribution is 6.00. The molecule has 0 aliphatic heterocycles. The van der Waals surface area contributed by atoms with Crippen LogP contribution in [0.1, 0.15) is 45.1 Å². The Morgan fingerprint density at radius 1 is 1.33 bits per heavy atom. The van der Waals surface area contributed by atoms with Gasteiger partial charge in [-0.05, 0) is 44.2 Å². The van der Waals surface area contributed by atoms with Gasteiger partial charge in [0.05, 0.1) is 11.8 Å². The number of benzene rings is 1. The fraction of sp³-hybridized carbons (Fsp3) is 0.533. The van der Waals surface area contributed by atoms with Gasteiger partial charge in [-0.25, -0.2) is 0 Å². The van der Waals surface area contributed by atoms with Crippen LogP contribution in [0.15, 0.2) is 29.4 Å². The van der Waals surface area contributed by atoms with E-state index in [4.69, 9.17) is 9.94 Å². The Labute approximate surface area is 108 Å². The van der Waals surface area contributed by atoms with Gasteiger partial charge in [0, 0.05) is 5.56 Å². The lowest BCUT2D eigenvalue weighted by Gasteiger charge is -2.28. The molecule has 98 valence electrons. The number of nitrogens with zero attached hydrogens (tertiary/aromatic N) is 1. The molecule has 0 spiro atoms. The Bertz CT molecular complexity index is 428. The first-order valence-corrected chi connectivity index (χ1v) is 6.65. The standard InChI is InChI=1S/C15H21NO2/c1-11-6-5-7-13(10-11)18-15-9-4-3-8-14(15)12(2)16-17/h3-4,8-9,11,13,17H,5-7,10H2,1-2H3. The molecule has 1 aromatic rings. The molecule has 0 amide bonds. The topological polar surface area (TPSA) is 41.8 Å². The second kappa shape index (κ2) is 5.89. The van der Waals surface area contributed by atoms with E-state index in [-0.39, 0.29) is 0 Å². The normalized spacial score (nSPS) is 24.9. The second-order valence-corrected chi connectivity index (χ2v) is 5.19. The molecule has 1 aliphatic rings. The summed E-state index contributed by atoms with van der Waals surface area (Å²) in [5.41, 5.74) is 1.47. The molecule has 3 heteroatoms. The van der Waals surface area contributed by atoms with E-state index in [0.29, 0.717) is 11.8 Å². The number of oxime groups is 1. The maximum absolute atomic E-state index is 8.89. The Hall–Kier alpha value is -1.51. The summed E-state index contributed by atoms with van der Waals surface area (Å²) in [6.07, 6.45) is 5.07. The molecule has 1 N–H and O–H groups in total. The van der Waals surface area contributed by atoms with Crippen LogP contribution in [0.4, 0.5) is 0 Å². The van der Waals surface area contributed by atoms with Gasteiger partial charge in [-0.1, -0.05) is 30.6 Å². The van der Waals surface area contributed by atoms with Crippen LogP contribution in [-0.4, -0.2) is 17.0 Å². The van der Waals surface area contributed by atoms with E-state index in [1.165, 1.54) is 12.8 Å².